The summed E-state index contributed by atoms with van der Waals surface area (Å²) < 4.78 is 0. The second kappa shape index (κ2) is 7.53. The molecule has 4 aliphatic carbocycles. The molecule has 2 nitrogen and oxygen atoms in total. The second-order valence-corrected chi connectivity index (χ2v) is 9.19. The first-order valence-electron chi connectivity index (χ1n) is 11.6. The molecule has 31 heavy (non-hydrogen) atoms. The Balaban J connectivity index is 1.57. The summed E-state index contributed by atoms with van der Waals surface area (Å²) in [7, 11) is 0. The van der Waals surface area contributed by atoms with Crippen LogP contribution >= 0.6 is 0 Å². The monoisotopic (exact) mass is 404 g/mol. The quantitative estimate of drug-likeness (QED) is 0.490. The van der Waals surface area contributed by atoms with E-state index in [0.29, 0.717) is 0 Å². The van der Waals surface area contributed by atoms with Gasteiger partial charge in [-0.25, -0.2) is 0 Å². The molecule has 1 aliphatic heterocycles. The highest BCUT2D eigenvalue weighted by molar-refractivity contribution is 5.76. The molecule has 0 saturated heterocycles. The molecule has 0 atom stereocenters. The zero-order chi connectivity index (χ0) is 20.7. The molecule has 0 bridgehead atoms. The molecular weight excluding hydrogens is 376 g/mol. The van der Waals surface area contributed by atoms with Crippen LogP contribution in [0.15, 0.2) is 91.1 Å². The maximum absolute atomic E-state index is 4.89. The molecule has 5 aliphatic rings. The van der Waals surface area contributed by atoms with Gasteiger partial charge in [-0.15, -0.1) is 0 Å². The maximum atomic E-state index is 4.89. The lowest BCUT2D eigenvalue weighted by atomic mass is 9.66. The molecule has 1 aromatic rings. The van der Waals surface area contributed by atoms with Gasteiger partial charge in [-0.1, -0.05) is 98.2 Å². The smallest absolute Gasteiger partial charge is 0.0792 e. The third-order valence-corrected chi connectivity index (χ3v) is 7.48. The van der Waals surface area contributed by atoms with Gasteiger partial charge in [-0.05, 0) is 36.1 Å². The first-order valence-corrected chi connectivity index (χ1v) is 11.6. The van der Waals surface area contributed by atoms with Crippen LogP contribution in [0.4, 0.5) is 0 Å². The maximum Gasteiger partial charge on any atom is 0.0792 e. The lowest BCUT2D eigenvalue weighted by molar-refractivity contribution is 0.346. The molecule has 154 valence electrons. The van der Waals surface area contributed by atoms with Gasteiger partial charge < -0.3 is 0 Å². The van der Waals surface area contributed by atoms with Crippen LogP contribution in [-0.4, -0.2) is 10.2 Å². The van der Waals surface area contributed by atoms with Gasteiger partial charge in [-0.3, -0.25) is 5.10 Å². The molecule has 1 N–H and O–H groups in total. The van der Waals surface area contributed by atoms with E-state index in [4.69, 9.17) is 5.10 Å². The average molecular weight is 405 g/mol. The Labute approximate surface area is 184 Å². The normalized spacial score (nSPS) is 20.4. The van der Waals surface area contributed by atoms with Crippen molar-refractivity contribution >= 4 is 0 Å². The van der Waals surface area contributed by atoms with Crippen molar-refractivity contribution < 1.29 is 0 Å². The molecule has 6 rings (SSSR count). The van der Waals surface area contributed by atoms with Crippen LogP contribution in [0.5, 0.6) is 0 Å². The Morgan fingerprint density at radius 3 is 2.06 bits per heavy atom. The largest absolute Gasteiger partial charge is 0.281 e. The van der Waals surface area contributed by atoms with E-state index < -0.39 is 0 Å². The third kappa shape index (κ3) is 3.05. The van der Waals surface area contributed by atoms with Crippen LogP contribution in [0.1, 0.15) is 66.5 Å². The molecule has 0 radical (unpaired) electrons. The molecule has 0 aromatic heterocycles. The third-order valence-electron chi connectivity index (χ3n) is 7.48. The van der Waals surface area contributed by atoms with E-state index in [1.807, 2.05) is 0 Å². The van der Waals surface area contributed by atoms with Crippen molar-refractivity contribution in [2.24, 2.45) is 0 Å². The van der Waals surface area contributed by atoms with Crippen molar-refractivity contribution in [3.8, 4) is 11.1 Å². The van der Waals surface area contributed by atoms with E-state index in [9.17, 15) is 0 Å². The van der Waals surface area contributed by atoms with Crippen molar-refractivity contribution in [3.05, 3.63) is 114 Å². The highest BCUT2D eigenvalue weighted by atomic mass is 15.1. The number of benzene rings is 1. The molecule has 1 saturated carbocycles. The number of H-pyrrole nitrogens is 1. The highest BCUT2D eigenvalue weighted by Crippen LogP contribution is 2.49. The second-order valence-electron chi connectivity index (χ2n) is 9.19. The van der Waals surface area contributed by atoms with Gasteiger partial charge in [0.25, 0.3) is 0 Å². The van der Waals surface area contributed by atoms with Crippen LogP contribution in [-0.2, 0) is 5.41 Å². The van der Waals surface area contributed by atoms with E-state index in [2.05, 4.69) is 96.2 Å². The van der Waals surface area contributed by atoms with Gasteiger partial charge in [0, 0.05) is 28.4 Å². The van der Waals surface area contributed by atoms with Gasteiger partial charge >= 0.3 is 0 Å². The zero-order valence-electron chi connectivity index (χ0n) is 17.8. The fraction of sp³-hybridized carbons (Fsp3) is 0.276. The minimum atomic E-state index is 0.107. The molecule has 2 heteroatoms. The van der Waals surface area contributed by atoms with Gasteiger partial charge in [0.1, 0.15) is 0 Å². The summed E-state index contributed by atoms with van der Waals surface area (Å²) >= 11 is 0. The first kappa shape index (κ1) is 18.6. The highest BCUT2D eigenvalue weighted by Gasteiger charge is 2.38. The zero-order valence-corrected chi connectivity index (χ0v) is 17.8. The van der Waals surface area contributed by atoms with Crippen LogP contribution in [0.25, 0.3) is 11.1 Å². The number of allylic oxidation sites excluding steroid dienone is 8. The molecule has 1 aromatic carbocycles. The fourth-order valence-electron chi connectivity index (χ4n) is 5.86. The molecule has 0 amide bonds. The number of nitrogens with one attached hydrogen (secondary N) is 1. The Morgan fingerprint density at radius 1 is 0.710 bits per heavy atom. The minimum absolute atomic E-state index is 0.107. The average Bonchev–Trinajstić information content (AvgIpc) is 3.61. The standard InChI is InChI=1S/C29H28N2/c1-3-15-23(16-4-1)29(17-9-2-10-18-29)24-19-25-26(20-24)28(22-13-7-8-14-22)31-30-27(25)21-11-5-6-12-21/h1,3-8,11-16,19-22,30H,2,9-10,17-18H2. The number of fused-ring (bicyclic) bond motifs is 1. The van der Waals surface area contributed by atoms with Gasteiger partial charge in [0.2, 0.25) is 0 Å². The number of aromatic nitrogens is 2. The summed E-state index contributed by atoms with van der Waals surface area (Å²) in [5.41, 5.74) is 8.02. The van der Waals surface area contributed by atoms with Crippen molar-refractivity contribution in [1.82, 2.24) is 10.2 Å². The van der Waals surface area contributed by atoms with Crippen LogP contribution in [0, 0.1) is 0 Å². The predicted molar refractivity (Wildman–Crippen MR) is 128 cm³/mol. The first-order chi connectivity index (χ1) is 15.4. The summed E-state index contributed by atoms with van der Waals surface area (Å²) in [5, 5.41) is 8.34. The van der Waals surface area contributed by atoms with E-state index in [-0.39, 0.29) is 17.3 Å². The molecule has 1 heterocycles. The number of nitrogens with zero attached hydrogens (tertiary/aromatic N) is 1. The number of rotatable bonds is 4. The van der Waals surface area contributed by atoms with Crippen molar-refractivity contribution in [2.45, 2.75) is 49.4 Å². The lowest BCUT2D eigenvalue weighted by Crippen LogP contribution is -2.29. The van der Waals surface area contributed by atoms with Crippen LogP contribution in [0.2, 0.25) is 0 Å². The number of hydrogen-bond acceptors (Lipinski definition) is 1. The number of hydrogen-bond donors (Lipinski definition) is 1. The van der Waals surface area contributed by atoms with Gasteiger partial charge in [-0.2, -0.15) is 5.10 Å². The summed E-state index contributed by atoms with van der Waals surface area (Å²) in [4.78, 5) is 0. The molecule has 0 spiro atoms. The number of aromatic amines is 1. The Kier molecular flexibility index (Phi) is 4.52. The molecule has 0 unspecified atom stereocenters. The predicted octanol–water partition coefficient (Wildman–Crippen LogP) is 7.18. The van der Waals surface area contributed by atoms with Crippen LogP contribution in [0.3, 0.4) is 0 Å². The Hall–Kier alpha value is -3.13. The van der Waals surface area contributed by atoms with Gasteiger partial charge in [0.15, 0.2) is 0 Å². The van der Waals surface area contributed by atoms with E-state index >= 15 is 0 Å². The van der Waals surface area contributed by atoms with Crippen LogP contribution < -0.4 is 0 Å². The molecule has 1 fully saturated rings. The van der Waals surface area contributed by atoms with Crippen molar-refractivity contribution in [1.29, 1.82) is 0 Å². The van der Waals surface area contributed by atoms with Crippen molar-refractivity contribution in [2.75, 3.05) is 0 Å². The Morgan fingerprint density at radius 2 is 1.35 bits per heavy atom. The summed E-state index contributed by atoms with van der Waals surface area (Å²) in [5.74, 6) is 0.518. The minimum Gasteiger partial charge on any atom is -0.281 e. The lowest BCUT2D eigenvalue weighted by Gasteiger charge is -2.38. The summed E-state index contributed by atoms with van der Waals surface area (Å²) in [6, 6.07) is 16.1. The van der Waals surface area contributed by atoms with E-state index in [0.717, 1.165) is 5.69 Å². The van der Waals surface area contributed by atoms with Crippen molar-refractivity contribution in [3.63, 3.8) is 0 Å². The summed E-state index contributed by atoms with van der Waals surface area (Å²) in [6.07, 6.45) is 23.9. The van der Waals surface area contributed by atoms with Gasteiger partial charge in [0.05, 0.1) is 11.4 Å². The molecular formula is C29H28N2. The summed E-state index contributed by atoms with van der Waals surface area (Å²) in [6.45, 7) is 0. The Bertz CT molecular complexity index is 1080. The topological polar surface area (TPSA) is 28.7 Å². The SMILES string of the molecule is C1=CC(c2n[nH]c(C3C=CC=C3)c3cc(C4(c5ccccc5)CCCCC4)cc2-3)C=C1. The van der Waals surface area contributed by atoms with E-state index in [1.54, 1.807) is 0 Å². The van der Waals surface area contributed by atoms with E-state index in [1.165, 1.54) is 60.1 Å². The fourth-order valence-corrected chi connectivity index (χ4v) is 5.86.